The van der Waals surface area contributed by atoms with Crippen molar-refractivity contribution >= 4 is 23.1 Å². The van der Waals surface area contributed by atoms with E-state index in [4.69, 9.17) is 11.6 Å². The summed E-state index contributed by atoms with van der Waals surface area (Å²) in [5.41, 5.74) is 0.835. The van der Waals surface area contributed by atoms with Gasteiger partial charge >= 0.3 is 6.18 Å². The molecule has 1 aromatic carbocycles. The largest absolute Gasteiger partial charge is 0.417 e. The number of nitrogens with zero attached hydrogens (tertiary/aromatic N) is 2. The quantitative estimate of drug-likeness (QED) is 0.755. The van der Waals surface area contributed by atoms with Crippen LogP contribution in [0.4, 0.5) is 24.7 Å². The molecule has 2 rings (SSSR count). The molecule has 0 saturated heterocycles. The summed E-state index contributed by atoms with van der Waals surface area (Å²) in [6.07, 6.45) is -4.34. The van der Waals surface area contributed by atoms with Gasteiger partial charge in [-0.2, -0.15) is 13.2 Å². The predicted molar refractivity (Wildman–Crippen MR) is 94.2 cm³/mol. The number of hydrogen-bond donors (Lipinski definition) is 2. The Bertz CT molecular complexity index is 723. The van der Waals surface area contributed by atoms with Gasteiger partial charge in [-0.05, 0) is 23.8 Å². The molecular formula is C17H19ClF3N3O. The van der Waals surface area contributed by atoms with Crippen LogP contribution in [0.25, 0.3) is 11.1 Å². The van der Waals surface area contributed by atoms with Crippen LogP contribution in [0.15, 0.2) is 36.5 Å². The van der Waals surface area contributed by atoms with Crippen molar-refractivity contribution in [2.24, 2.45) is 0 Å². The van der Waals surface area contributed by atoms with Gasteiger partial charge in [0.15, 0.2) is 0 Å². The van der Waals surface area contributed by atoms with Crippen molar-refractivity contribution in [2.45, 2.75) is 12.3 Å². The minimum atomic E-state index is -4.47. The minimum Gasteiger partial charge on any atom is -0.390 e. The van der Waals surface area contributed by atoms with Crippen molar-refractivity contribution < 1.29 is 18.3 Å². The summed E-state index contributed by atoms with van der Waals surface area (Å²) in [5, 5.41) is 12.5. The van der Waals surface area contributed by atoms with Crippen molar-refractivity contribution in [3.63, 3.8) is 0 Å². The molecular weight excluding hydrogens is 355 g/mol. The molecule has 0 bridgehead atoms. The number of benzene rings is 1. The Balaban J connectivity index is 2.42. The lowest BCUT2D eigenvalue weighted by atomic mass is 10.0. The van der Waals surface area contributed by atoms with E-state index in [9.17, 15) is 18.3 Å². The second-order valence-electron chi connectivity index (χ2n) is 5.76. The van der Waals surface area contributed by atoms with E-state index in [1.807, 2.05) is 0 Å². The number of rotatable bonds is 6. The van der Waals surface area contributed by atoms with E-state index in [0.717, 1.165) is 12.3 Å². The predicted octanol–water partition coefficient (Wildman–Crippen LogP) is 3.85. The molecule has 0 aliphatic carbocycles. The van der Waals surface area contributed by atoms with Crippen LogP contribution in [-0.2, 0) is 6.18 Å². The second-order valence-corrected chi connectivity index (χ2v) is 6.07. The molecule has 1 atom stereocenters. The van der Waals surface area contributed by atoms with Crippen molar-refractivity contribution in [1.82, 2.24) is 4.98 Å². The highest BCUT2D eigenvalue weighted by molar-refractivity contribution is 6.18. The molecule has 136 valence electrons. The highest BCUT2D eigenvalue weighted by Crippen LogP contribution is 2.36. The van der Waals surface area contributed by atoms with E-state index < -0.39 is 17.8 Å². The number of aliphatic hydroxyl groups is 1. The Labute approximate surface area is 149 Å². The zero-order valence-corrected chi connectivity index (χ0v) is 14.6. The molecule has 1 aromatic heterocycles. The summed E-state index contributed by atoms with van der Waals surface area (Å²) in [6.45, 7) is 0.244. The van der Waals surface area contributed by atoms with Gasteiger partial charge in [0.05, 0.1) is 17.5 Å². The number of halogens is 4. The molecule has 0 aliphatic rings. The highest BCUT2D eigenvalue weighted by atomic mass is 35.5. The first-order chi connectivity index (χ1) is 11.7. The van der Waals surface area contributed by atoms with Gasteiger partial charge in [-0.3, -0.25) is 0 Å². The maximum atomic E-state index is 13.0. The van der Waals surface area contributed by atoms with Gasteiger partial charge in [0.25, 0.3) is 0 Å². The van der Waals surface area contributed by atoms with Gasteiger partial charge in [0.2, 0.25) is 0 Å². The van der Waals surface area contributed by atoms with Crippen LogP contribution in [0, 0.1) is 0 Å². The van der Waals surface area contributed by atoms with E-state index >= 15 is 0 Å². The molecule has 1 heterocycles. The molecule has 4 nitrogen and oxygen atoms in total. The van der Waals surface area contributed by atoms with E-state index in [2.05, 4.69) is 10.3 Å². The van der Waals surface area contributed by atoms with Crippen LogP contribution < -0.4 is 10.2 Å². The van der Waals surface area contributed by atoms with Gasteiger partial charge in [-0.15, -0.1) is 11.6 Å². The van der Waals surface area contributed by atoms with Gasteiger partial charge in [-0.25, -0.2) is 4.98 Å². The number of alkyl halides is 4. The Morgan fingerprint density at radius 3 is 2.60 bits per heavy atom. The van der Waals surface area contributed by atoms with Gasteiger partial charge in [0.1, 0.15) is 5.82 Å². The lowest BCUT2D eigenvalue weighted by Gasteiger charge is -2.19. The average molecular weight is 374 g/mol. The van der Waals surface area contributed by atoms with Crippen LogP contribution in [0.2, 0.25) is 0 Å². The third-order valence-corrected chi connectivity index (χ3v) is 3.87. The number of aromatic nitrogens is 1. The number of nitrogens with one attached hydrogen (secondary N) is 1. The molecule has 2 aromatic rings. The summed E-state index contributed by atoms with van der Waals surface area (Å²) in [6, 6.07) is 8.01. The first-order valence-corrected chi connectivity index (χ1v) is 8.08. The number of aliphatic hydroxyl groups excluding tert-OH is 1. The maximum absolute atomic E-state index is 13.0. The molecule has 2 N–H and O–H groups in total. The highest BCUT2D eigenvalue weighted by Gasteiger charge is 2.32. The molecule has 8 heteroatoms. The smallest absolute Gasteiger partial charge is 0.390 e. The minimum absolute atomic E-state index is 0.0923. The van der Waals surface area contributed by atoms with Crippen molar-refractivity contribution in [1.29, 1.82) is 0 Å². The Hall–Kier alpha value is -1.99. The van der Waals surface area contributed by atoms with Gasteiger partial charge in [-0.1, -0.05) is 12.1 Å². The molecule has 0 spiro atoms. The van der Waals surface area contributed by atoms with E-state index in [0.29, 0.717) is 22.6 Å². The van der Waals surface area contributed by atoms with E-state index in [1.165, 1.54) is 0 Å². The average Bonchev–Trinajstić information content (AvgIpc) is 2.58. The number of hydrogen-bond acceptors (Lipinski definition) is 4. The van der Waals surface area contributed by atoms with E-state index in [-0.39, 0.29) is 12.4 Å². The first kappa shape index (κ1) is 19.3. The van der Waals surface area contributed by atoms with Crippen LogP contribution in [0.1, 0.15) is 5.56 Å². The standard InChI is InChI=1S/C17H19ClF3N3O/c1-24(2)16-15(7-12(9-23-16)17(19,20)21)11-4-3-5-13(6-11)22-10-14(25)8-18/h3-7,9,14,22,25H,8,10H2,1-2H3. The van der Waals surface area contributed by atoms with Gasteiger partial charge < -0.3 is 15.3 Å². The summed E-state index contributed by atoms with van der Waals surface area (Å²) in [4.78, 5) is 5.63. The third kappa shape index (κ3) is 4.99. The fourth-order valence-electron chi connectivity index (χ4n) is 2.27. The molecule has 0 fully saturated rings. The molecule has 1 unspecified atom stereocenters. The van der Waals surface area contributed by atoms with Crippen LogP contribution in [0.3, 0.4) is 0 Å². The maximum Gasteiger partial charge on any atom is 0.417 e. The number of pyridine rings is 1. The third-order valence-electron chi connectivity index (χ3n) is 3.51. The second kappa shape index (κ2) is 7.93. The fourth-order valence-corrected chi connectivity index (χ4v) is 2.38. The van der Waals surface area contributed by atoms with Crippen LogP contribution in [-0.4, -0.2) is 42.7 Å². The SMILES string of the molecule is CN(C)c1ncc(C(F)(F)F)cc1-c1cccc(NCC(O)CCl)c1. The first-order valence-electron chi connectivity index (χ1n) is 7.55. The van der Waals surface area contributed by atoms with Crippen LogP contribution >= 0.6 is 11.6 Å². The Kier molecular flexibility index (Phi) is 6.13. The van der Waals surface area contributed by atoms with Crippen molar-refractivity contribution in [2.75, 3.05) is 36.7 Å². The molecule has 0 radical (unpaired) electrons. The zero-order chi connectivity index (χ0) is 18.6. The molecule has 25 heavy (non-hydrogen) atoms. The van der Waals surface area contributed by atoms with Gasteiger partial charge in [0, 0.05) is 38.1 Å². The normalized spacial score (nSPS) is 12.8. The summed E-state index contributed by atoms with van der Waals surface area (Å²) in [7, 11) is 3.44. The van der Waals surface area contributed by atoms with Crippen molar-refractivity contribution in [3.05, 3.63) is 42.1 Å². The molecule has 0 aliphatic heterocycles. The summed E-state index contributed by atoms with van der Waals surface area (Å²) in [5.74, 6) is 0.528. The zero-order valence-electron chi connectivity index (χ0n) is 13.8. The van der Waals surface area contributed by atoms with E-state index in [1.54, 1.807) is 43.3 Å². The monoisotopic (exact) mass is 373 g/mol. The summed E-state index contributed by atoms with van der Waals surface area (Å²) < 4.78 is 39.1. The summed E-state index contributed by atoms with van der Waals surface area (Å²) >= 11 is 5.55. The fraction of sp³-hybridized carbons (Fsp3) is 0.353. The topological polar surface area (TPSA) is 48.4 Å². The molecule has 0 amide bonds. The lowest BCUT2D eigenvalue weighted by molar-refractivity contribution is -0.137. The number of anilines is 2. The van der Waals surface area contributed by atoms with Crippen LogP contribution in [0.5, 0.6) is 0 Å². The van der Waals surface area contributed by atoms with Crippen molar-refractivity contribution in [3.8, 4) is 11.1 Å². The Morgan fingerprint density at radius 2 is 2.00 bits per heavy atom. The lowest BCUT2D eigenvalue weighted by Crippen LogP contribution is -2.20. The Morgan fingerprint density at radius 1 is 1.28 bits per heavy atom. The molecule has 0 saturated carbocycles.